The van der Waals surface area contributed by atoms with Crippen LogP contribution in [0.1, 0.15) is 32.6 Å². The van der Waals surface area contributed by atoms with Crippen LogP contribution in [-0.4, -0.2) is 44.2 Å². The van der Waals surface area contributed by atoms with E-state index >= 15 is 0 Å². The van der Waals surface area contributed by atoms with E-state index in [0.717, 1.165) is 32.2 Å². The molecule has 0 aromatic rings. The Kier molecular flexibility index (Phi) is 5.92. The Hall–Kier alpha value is -0.610. The van der Waals surface area contributed by atoms with Gasteiger partial charge >= 0.3 is 0 Å². The van der Waals surface area contributed by atoms with Crippen LogP contribution < -0.4 is 5.73 Å². The fourth-order valence-electron chi connectivity index (χ4n) is 2.64. The molecule has 100 valence electrons. The summed E-state index contributed by atoms with van der Waals surface area (Å²) in [7, 11) is 3.58. The smallest absolute Gasteiger partial charge is 0.225 e. The zero-order valence-electron chi connectivity index (χ0n) is 11.3. The SMILES string of the molecule is COCCCN(C)C(=O)C1CCC(N)CC1C. The Morgan fingerprint density at radius 2 is 2.18 bits per heavy atom. The minimum atomic E-state index is 0.169. The number of ether oxygens (including phenoxy) is 1. The van der Waals surface area contributed by atoms with Gasteiger partial charge in [0, 0.05) is 39.3 Å². The first-order chi connectivity index (χ1) is 8.06. The lowest BCUT2D eigenvalue weighted by Crippen LogP contribution is -2.42. The van der Waals surface area contributed by atoms with Crippen molar-refractivity contribution in [1.82, 2.24) is 4.90 Å². The molecule has 0 saturated heterocycles. The largest absolute Gasteiger partial charge is 0.385 e. The van der Waals surface area contributed by atoms with Crippen molar-refractivity contribution in [3.05, 3.63) is 0 Å². The van der Waals surface area contributed by atoms with Crippen molar-refractivity contribution in [2.75, 3.05) is 27.3 Å². The number of hydrogen-bond acceptors (Lipinski definition) is 3. The summed E-state index contributed by atoms with van der Waals surface area (Å²) in [6.45, 7) is 3.63. The molecule has 17 heavy (non-hydrogen) atoms. The molecule has 1 rings (SSSR count). The number of amides is 1. The van der Waals surface area contributed by atoms with Gasteiger partial charge in [0.1, 0.15) is 0 Å². The fraction of sp³-hybridized carbons (Fsp3) is 0.923. The van der Waals surface area contributed by atoms with Crippen LogP contribution in [0.4, 0.5) is 0 Å². The van der Waals surface area contributed by atoms with E-state index in [2.05, 4.69) is 6.92 Å². The maximum atomic E-state index is 12.3. The van der Waals surface area contributed by atoms with Crippen LogP contribution in [0.25, 0.3) is 0 Å². The molecule has 0 heterocycles. The molecular weight excluding hydrogens is 216 g/mol. The van der Waals surface area contributed by atoms with Gasteiger partial charge in [-0.25, -0.2) is 0 Å². The van der Waals surface area contributed by atoms with Gasteiger partial charge in [0.2, 0.25) is 5.91 Å². The molecule has 1 aliphatic carbocycles. The maximum absolute atomic E-state index is 12.3. The van der Waals surface area contributed by atoms with Crippen LogP contribution in [-0.2, 0) is 9.53 Å². The number of hydrogen-bond donors (Lipinski definition) is 1. The average molecular weight is 242 g/mol. The van der Waals surface area contributed by atoms with Gasteiger partial charge in [-0.3, -0.25) is 4.79 Å². The Balaban J connectivity index is 2.40. The van der Waals surface area contributed by atoms with Crippen LogP contribution in [0, 0.1) is 11.8 Å². The number of carbonyl (C=O) groups excluding carboxylic acids is 1. The van der Waals surface area contributed by atoms with E-state index in [1.807, 2.05) is 11.9 Å². The van der Waals surface area contributed by atoms with Crippen molar-refractivity contribution in [3.8, 4) is 0 Å². The zero-order valence-corrected chi connectivity index (χ0v) is 11.3. The molecule has 1 saturated carbocycles. The second kappa shape index (κ2) is 6.97. The van der Waals surface area contributed by atoms with Crippen molar-refractivity contribution >= 4 is 5.91 Å². The zero-order chi connectivity index (χ0) is 12.8. The van der Waals surface area contributed by atoms with E-state index in [-0.39, 0.29) is 17.9 Å². The fourth-order valence-corrected chi connectivity index (χ4v) is 2.64. The summed E-state index contributed by atoms with van der Waals surface area (Å²) in [4.78, 5) is 14.1. The first-order valence-electron chi connectivity index (χ1n) is 6.55. The third-order valence-electron chi connectivity index (χ3n) is 3.75. The topological polar surface area (TPSA) is 55.6 Å². The third-order valence-corrected chi connectivity index (χ3v) is 3.75. The predicted molar refractivity (Wildman–Crippen MR) is 68.6 cm³/mol. The lowest BCUT2D eigenvalue weighted by atomic mass is 9.77. The van der Waals surface area contributed by atoms with Gasteiger partial charge in [-0.2, -0.15) is 0 Å². The first kappa shape index (κ1) is 14.5. The summed E-state index contributed by atoms with van der Waals surface area (Å²) in [5, 5.41) is 0. The van der Waals surface area contributed by atoms with Crippen molar-refractivity contribution < 1.29 is 9.53 Å². The molecule has 0 aromatic carbocycles. The number of rotatable bonds is 5. The molecule has 1 fully saturated rings. The minimum Gasteiger partial charge on any atom is -0.385 e. The van der Waals surface area contributed by atoms with E-state index in [1.165, 1.54) is 0 Å². The van der Waals surface area contributed by atoms with Crippen molar-refractivity contribution in [3.63, 3.8) is 0 Å². The first-order valence-corrected chi connectivity index (χ1v) is 6.55. The van der Waals surface area contributed by atoms with E-state index in [4.69, 9.17) is 10.5 Å². The molecule has 4 heteroatoms. The molecule has 0 aliphatic heterocycles. The normalized spacial score (nSPS) is 29.1. The van der Waals surface area contributed by atoms with Gasteiger partial charge < -0.3 is 15.4 Å². The summed E-state index contributed by atoms with van der Waals surface area (Å²) in [5.41, 5.74) is 5.92. The van der Waals surface area contributed by atoms with Gasteiger partial charge in [-0.1, -0.05) is 6.92 Å². The van der Waals surface area contributed by atoms with Gasteiger partial charge in [-0.15, -0.1) is 0 Å². The summed E-state index contributed by atoms with van der Waals surface area (Å²) in [6.07, 6.45) is 3.80. The van der Waals surface area contributed by atoms with Crippen molar-refractivity contribution in [1.29, 1.82) is 0 Å². The molecule has 1 amide bonds. The summed E-state index contributed by atoms with van der Waals surface area (Å²) in [6, 6.07) is 0.285. The maximum Gasteiger partial charge on any atom is 0.225 e. The van der Waals surface area contributed by atoms with Crippen LogP contribution >= 0.6 is 0 Å². The summed E-state index contributed by atoms with van der Waals surface area (Å²) >= 11 is 0. The van der Waals surface area contributed by atoms with Crippen LogP contribution in [0.2, 0.25) is 0 Å². The molecule has 0 spiro atoms. The van der Waals surface area contributed by atoms with E-state index in [0.29, 0.717) is 12.5 Å². The highest BCUT2D eigenvalue weighted by Crippen LogP contribution is 2.30. The molecule has 1 aliphatic rings. The van der Waals surface area contributed by atoms with Crippen molar-refractivity contribution in [2.24, 2.45) is 17.6 Å². The van der Waals surface area contributed by atoms with Crippen LogP contribution in [0.15, 0.2) is 0 Å². The lowest BCUT2D eigenvalue weighted by molar-refractivity contribution is -0.137. The Bertz CT molecular complexity index is 246. The molecular formula is C13H26N2O2. The standard InChI is InChI=1S/C13H26N2O2/c1-10-9-11(14)5-6-12(10)13(16)15(2)7-4-8-17-3/h10-12H,4-9,14H2,1-3H3. The Morgan fingerprint density at radius 3 is 2.76 bits per heavy atom. The highest BCUT2D eigenvalue weighted by Gasteiger charge is 2.32. The second-order valence-electron chi connectivity index (χ2n) is 5.26. The Morgan fingerprint density at radius 1 is 1.47 bits per heavy atom. The highest BCUT2D eigenvalue weighted by atomic mass is 16.5. The summed E-state index contributed by atoms with van der Waals surface area (Å²) in [5.74, 6) is 0.860. The number of nitrogens with two attached hydrogens (primary N) is 1. The molecule has 3 atom stereocenters. The number of nitrogens with zero attached hydrogens (tertiary/aromatic N) is 1. The molecule has 2 N–H and O–H groups in total. The Labute approximate surface area is 104 Å². The number of carbonyl (C=O) groups is 1. The molecule has 4 nitrogen and oxygen atoms in total. The van der Waals surface area contributed by atoms with E-state index in [1.54, 1.807) is 7.11 Å². The molecule has 0 aromatic heterocycles. The predicted octanol–water partition coefficient (Wildman–Crippen LogP) is 1.24. The van der Waals surface area contributed by atoms with Crippen LogP contribution in [0.5, 0.6) is 0 Å². The minimum absolute atomic E-state index is 0.169. The molecule has 0 bridgehead atoms. The van der Waals surface area contributed by atoms with E-state index < -0.39 is 0 Å². The van der Waals surface area contributed by atoms with E-state index in [9.17, 15) is 4.79 Å². The average Bonchev–Trinajstić information content (AvgIpc) is 2.28. The number of methoxy groups -OCH3 is 1. The lowest BCUT2D eigenvalue weighted by Gasteiger charge is -2.34. The van der Waals surface area contributed by atoms with Gasteiger partial charge in [-0.05, 0) is 31.6 Å². The second-order valence-corrected chi connectivity index (χ2v) is 5.26. The summed E-state index contributed by atoms with van der Waals surface area (Å²) < 4.78 is 5.00. The molecule has 3 unspecified atom stereocenters. The highest BCUT2D eigenvalue weighted by molar-refractivity contribution is 5.79. The van der Waals surface area contributed by atoms with Gasteiger partial charge in [0.15, 0.2) is 0 Å². The van der Waals surface area contributed by atoms with Crippen LogP contribution in [0.3, 0.4) is 0 Å². The van der Waals surface area contributed by atoms with Gasteiger partial charge in [0.25, 0.3) is 0 Å². The monoisotopic (exact) mass is 242 g/mol. The third kappa shape index (κ3) is 4.28. The van der Waals surface area contributed by atoms with Gasteiger partial charge in [0.05, 0.1) is 0 Å². The molecule has 0 radical (unpaired) electrons. The quantitative estimate of drug-likeness (QED) is 0.738. The van der Waals surface area contributed by atoms with Crippen molar-refractivity contribution in [2.45, 2.75) is 38.6 Å².